The maximum Gasteiger partial charge on any atom is 0.416 e. The number of carbonyl (C=O) groups excluding carboxylic acids is 1. The largest absolute Gasteiger partial charge is 0.498 e. The molecular formula is C15H14F3NO2. The Morgan fingerprint density at radius 2 is 2.00 bits per heavy atom. The van der Waals surface area contributed by atoms with Gasteiger partial charge in [-0.3, -0.25) is 4.79 Å². The predicted octanol–water partition coefficient (Wildman–Crippen LogP) is 3.44. The molecule has 0 unspecified atom stereocenters. The number of rotatable bonds is 1. The van der Waals surface area contributed by atoms with E-state index in [0.29, 0.717) is 24.4 Å². The molecule has 0 spiro atoms. The molecule has 2 aliphatic heterocycles. The number of hydrogen-bond donors (Lipinski definition) is 0. The van der Waals surface area contributed by atoms with E-state index >= 15 is 0 Å². The van der Waals surface area contributed by atoms with Crippen LogP contribution in [0.4, 0.5) is 13.2 Å². The molecule has 1 aromatic rings. The number of allylic oxidation sites excluding steroid dienone is 1. The van der Waals surface area contributed by atoms with Gasteiger partial charge in [0.1, 0.15) is 0 Å². The standard InChI is InChI=1S/C15H14F3NO2/c1-8-10(3-4-21-8)9-5-11-12(7-19(2)14(11)20)13(6-9)15(16,17)18/h5-6H,3-4,7H2,1-2H3. The van der Waals surface area contributed by atoms with Crippen molar-refractivity contribution in [3.05, 3.63) is 40.1 Å². The van der Waals surface area contributed by atoms with Crippen molar-refractivity contribution in [2.45, 2.75) is 26.1 Å². The van der Waals surface area contributed by atoms with Gasteiger partial charge in [0.2, 0.25) is 0 Å². The molecule has 0 radical (unpaired) electrons. The number of alkyl halides is 3. The summed E-state index contributed by atoms with van der Waals surface area (Å²) in [6.07, 6.45) is -3.91. The van der Waals surface area contributed by atoms with Crippen LogP contribution >= 0.6 is 0 Å². The molecular weight excluding hydrogens is 283 g/mol. The van der Waals surface area contributed by atoms with Crippen LogP contribution in [0.3, 0.4) is 0 Å². The molecule has 0 fully saturated rings. The molecule has 3 rings (SSSR count). The molecule has 2 aliphatic rings. The average molecular weight is 297 g/mol. The fourth-order valence-electron chi connectivity index (χ4n) is 2.89. The van der Waals surface area contributed by atoms with Gasteiger partial charge in [-0.05, 0) is 30.2 Å². The lowest BCUT2D eigenvalue weighted by Crippen LogP contribution is -2.17. The van der Waals surface area contributed by atoms with Gasteiger partial charge in [0.05, 0.1) is 17.9 Å². The Kier molecular flexibility index (Phi) is 3.00. The first kappa shape index (κ1) is 14.0. The van der Waals surface area contributed by atoms with Crippen LogP contribution in [0.25, 0.3) is 5.57 Å². The van der Waals surface area contributed by atoms with Crippen LogP contribution < -0.4 is 0 Å². The highest BCUT2D eigenvalue weighted by atomic mass is 19.4. The summed E-state index contributed by atoms with van der Waals surface area (Å²) in [7, 11) is 1.51. The van der Waals surface area contributed by atoms with Gasteiger partial charge in [-0.15, -0.1) is 0 Å². The number of ether oxygens (including phenoxy) is 1. The van der Waals surface area contributed by atoms with E-state index in [0.717, 1.165) is 11.6 Å². The minimum Gasteiger partial charge on any atom is -0.498 e. The van der Waals surface area contributed by atoms with Crippen molar-refractivity contribution in [2.24, 2.45) is 0 Å². The van der Waals surface area contributed by atoms with Crippen molar-refractivity contribution in [2.75, 3.05) is 13.7 Å². The van der Waals surface area contributed by atoms with E-state index in [4.69, 9.17) is 4.74 Å². The van der Waals surface area contributed by atoms with Crippen LogP contribution in [-0.4, -0.2) is 24.5 Å². The Balaban J connectivity index is 2.22. The Morgan fingerprint density at radius 3 is 2.57 bits per heavy atom. The number of amides is 1. The molecule has 0 aliphatic carbocycles. The summed E-state index contributed by atoms with van der Waals surface area (Å²) in [6.45, 7) is 2.20. The Labute approximate surface area is 120 Å². The minimum atomic E-state index is -4.47. The molecule has 3 nitrogen and oxygen atoms in total. The Bertz CT molecular complexity index is 662. The monoisotopic (exact) mass is 297 g/mol. The summed E-state index contributed by atoms with van der Waals surface area (Å²) >= 11 is 0. The van der Waals surface area contributed by atoms with Crippen LogP contribution in [0.1, 0.15) is 40.4 Å². The Morgan fingerprint density at radius 1 is 1.29 bits per heavy atom. The molecule has 0 atom stereocenters. The smallest absolute Gasteiger partial charge is 0.416 e. The van der Waals surface area contributed by atoms with Gasteiger partial charge >= 0.3 is 6.18 Å². The number of nitrogens with zero attached hydrogens (tertiary/aromatic N) is 1. The van der Waals surface area contributed by atoms with E-state index in [-0.39, 0.29) is 23.6 Å². The first-order chi connectivity index (χ1) is 9.79. The topological polar surface area (TPSA) is 29.5 Å². The molecule has 0 saturated heterocycles. The second kappa shape index (κ2) is 4.51. The van der Waals surface area contributed by atoms with Crippen molar-refractivity contribution in [3.63, 3.8) is 0 Å². The van der Waals surface area contributed by atoms with Crippen molar-refractivity contribution < 1.29 is 22.7 Å². The van der Waals surface area contributed by atoms with Crippen LogP contribution in [0.5, 0.6) is 0 Å². The van der Waals surface area contributed by atoms with Crippen molar-refractivity contribution in [1.82, 2.24) is 4.90 Å². The first-order valence-corrected chi connectivity index (χ1v) is 6.61. The molecule has 1 aromatic carbocycles. The van der Waals surface area contributed by atoms with E-state index < -0.39 is 11.7 Å². The van der Waals surface area contributed by atoms with Gasteiger partial charge in [-0.2, -0.15) is 13.2 Å². The van der Waals surface area contributed by atoms with E-state index in [1.54, 1.807) is 13.0 Å². The van der Waals surface area contributed by atoms with Crippen LogP contribution in [0.2, 0.25) is 0 Å². The van der Waals surface area contributed by atoms with Gasteiger partial charge in [-0.1, -0.05) is 0 Å². The molecule has 21 heavy (non-hydrogen) atoms. The second-order valence-corrected chi connectivity index (χ2v) is 5.34. The quantitative estimate of drug-likeness (QED) is 0.794. The number of benzene rings is 1. The number of halogens is 3. The molecule has 6 heteroatoms. The number of fused-ring (bicyclic) bond motifs is 1. The highest BCUT2D eigenvalue weighted by molar-refractivity contribution is 5.99. The fourth-order valence-corrected chi connectivity index (χ4v) is 2.89. The maximum atomic E-state index is 13.3. The highest BCUT2D eigenvalue weighted by Crippen LogP contribution is 2.40. The summed E-state index contributed by atoms with van der Waals surface area (Å²) in [5, 5.41) is 0. The van der Waals surface area contributed by atoms with E-state index in [1.807, 2.05) is 0 Å². The van der Waals surface area contributed by atoms with E-state index in [2.05, 4.69) is 0 Å². The third-order valence-corrected chi connectivity index (χ3v) is 3.97. The van der Waals surface area contributed by atoms with Gasteiger partial charge in [-0.25, -0.2) is 0 Å². The van der Waals surface area contributed by atoms with Gasteiger partial charge in [0.25, 0.3) is 5.91 Å². The maximum absolute atomic E-state index is 13.3. The van der Waals surface area contributed by atoms with Crippen molar-refractivity contribution >= 4 is 11.5 Å². The number of hydrogen-bond acceptors (Lipinski definition) is 2. The SMILES string of the molecule is CC1=C(c2cc3c(c(C(F)(F)F)c2)CN(C)C3=O)CCO1. The van der Waals surface area contributed by atoms with Crippen LogP contribution in [0.15, 0.2) is 17.9 Å². The van der Waals surface area contributed by atoms with Gasteiger partial charge in [0.15, 0.2) is 0 Å². The number of carbonyl (C=O) groups is 1. The highest BCUT2D eigenvalue weighted by Gasteiger charge is 2.39. The lowest BCUT2D eigenvalue weighted by Gasteiger charge is -2.14. The molecule has 0 bridgehead atoms. The van der Waals surface area contributed by atoms with Gasteiger partial charge < -0.3 is 9.64 Å². The average Bonchev–Trinajstić information content (AvgIpc) is 2.93. The third-order valence-electron chi connectivity index (χ3n) is 3.97. The van der Waals surface area contributed by atoms with Crippen LogP contribution in [-0.2, 0) is 17.5 Å². The summed E-state index contributed by atoms with van der Waals surface area (Å²) in [4.78, 5) is 13.3. The summed E-state index contributed by atoms with van der Waals surface area (Å²) in [6, 6.07) is 2.70. The molecule has 1 amide bonds. The van der Waals surface area contributed by atoms with Gasteiger partial charge in [0, 0.05) is 31.1 Å². The summed E-state index contributed by atoms with van der Waals surface area (Å²) < 4.78 is 45.2. The Hall–Kier alpha value is -1.98. The summed E-state index contributed by atoms with van der Waals surface area (Å²) in [5.74, 6) is 0.261. The first-order valence-electron chi connectivity index (χ1n) is 6.61. The van der Waals surface area contributed by atoms with E-state index in [9.17, 15) is 18.0 Å². The van der Waals surface area contributed by atoms with Crippen molar-refractivity contribution in [3.8, 4) is 0 Å². The molecule has 112 valence electrons. The predicted molar refractivity (Wildman–Crippen MR) is 70.4 cm³/mol. The zero-order valence-electron chi connectivity index (χ0n) is 11.7. The second-order valence-electron chi connectivity index (χ2n) is 5.34. The molecule has 0 aromatic heterocycles. The summed E-state index contributed by atoms with van der Waals surface area (Å²) in [5.41, 5.74) is 0.663. The normalized spacial score (nSPS) is 18.3. The fraction of sp³-hybridized carbons (Fsp3) is 0.400. The minimum absolute atomic E-state index is 0.00216. The zero-order chi connectivity index (χ0) is 15.4. The molecule has 2 heterocycles. The lowest BCUT2D eigenvalue weighted by atomic mass is 9.94. The molecule has 0 saturated carbocycles. The van der Waals surface area contributed by atoms with E-state index in [1.165, 1.54) is 11.9 Å². The molecule has 0 N–H and O–H groups in total. The van der Waals surface area contributed by atoms with Crippen LogP contribution in [0, 0.1) is 0 Å². The third kappa shape index (κ3) is 2.18. The van der Waals surface area contributed by atoms with Crippen molar-refractivity contribution in [1.29, 1.82) is 0 Å². The zero-order valence-corrected chi connectivity index (χ0v) is 11.7. The lowest BCUT2D eigenvalue weighted by molar-refractivity contribution is -0.138.